The average Bonchev–Trinajstić information content (AvgIpc) is 2.37. The van der Waals surface area contributed by atoms with E-state index in [0.717, 1.165) is 16.7 Å². The maximum atomic E-state index is 12.1. The molecule has 1 amide bonds. The van der Waals surface area contributed by atoms with Gasteiger partial charge in [0.1, 0.15) is 0 Å². The fourth-order valence-corrected chi connectivity index (χ4v) is 2.09. The molecule has 0 aromatic heterocycles. The average molecular weight is 264 g/mol. The molecular weight excluding hydrogens is 252 g/mol. The number of anilines is 1. The van der Waals surface area contributed by atoms with E-state index in [0.29, 0.717) is 5.56 Å². The van der Waals surface area contributed by atoms with Crippen LogP contribution in [0, 0.1) is 0 Å². The predicted molar refractivity (Wildman–Crippen MR) is 69.7 cm³/mol. The Hall–Kier alpha value is -1.95. The number of aliphatic carboxylic acids is 1. The normalized spacial score (nSPS) is 14.5. The third-order valence-corrected chi connectivity index (χ3v) is 3.28. The molecule has 1 aliphatic heterocycles. The maximum absolute atomic E-state index is 12.1. The van der Waals surface area contributed by atoms with E-state index in [2.05, 4.69) is 5.32 Å². The number of thioether (sulfide) groups is 1. The molecule has 5 nitrogen and oxygen atoms in total. The fourth-order valence-electron chi connectivity index (χ4n) is 1.65. The molecule has 18 heavy (non-hydrogen) atoms. The lowest BCUT2D eigenvalue weighted by Gasteiger charge is -2.27. The van der Waals surface area contributed by atoms with Crippen molar-refractivity contribution in [3.8, 4) is 0 Å². The first-order valence-electron chi connectivity index (χ1n) is 5.26. The summed E-state index contributed by atoms with van der Waals surface area (Å²) in [5, 5.41) is 11.6. The Bertz CT molecular complexity index is 528. The summed E-state index contributed by atoms with van der Waals surface area (Å²) < 4.78 is 0. The van der Waals surface area contributed by atoms with Crippen molar-refractivity contribution in [3.63, 3.8) is 0 Å². The molecule has 0 saturated carbocycles. The molecule has 0 fully saturated rings. The second-order valence-electron chi connectivity index (χ2n) is 3.68. The fraction of sp³-hybridized carbons (Fsp3) is 0.167. The van der Waals surface area contributed by atoms with Gasteiger partial charge in [0.25, 0.3) is 5.91 Å². The largest absolute Gasteiger partial charge is 0.478 e. The van der Waals surface area contributed by atoms with Crippen LogP contribution in [0.3, 0.4) is 0 Å². The minimum absolute atomic E-state index is 0.197. The highest BCUT2D eigenvalue weighted by Crippen LogP contribution is 2.27. The van der Waals surface area contributed by atoms with Gasteiger partial charge in [0.2, 0.25) is 0 Å². The highest BCUT2D eigenvalue weighted by molar-refractivity contribution is 7.98. The van der Waals surface area contributed by atoms with E-state index in [9.17, 15) is 9.59 Å². The van der Waals surface area contributed by atoms with Gasteiger partial charge in [-0.2, -0.15) is 0 Å². The lowest BCUT2D eigenvalue weighted by atomic mass is 10.1. The first-order valence-corrected chi connectivity index (χ1v) is 6.48. The zero-order valence-corrected chi connectivity index (χ0v) is 10.5. The smallest absolute Gasteiger partial charge is 0.329 e. The van der Waals surface area contributed by atoms with Crippen molar-refractivity contribution in [2.45, 2.75) is 4.90 Å². The molecule has 1 aromatic rings. The Kier molecular flexibility index (Phi) is 3.57. The van der Waals surface area contributed by atoms with Crippen molar-refractivity contribution in [2.24, 2.45) is 0 Å². The van der Waals surface area contributed by atoms with Crippen LogP contribution in [0.1, 0.15) is 10.4 Å². The molecule has 1 heterocycles. The second kappa shape index (κ2) is 5.14. The van der Waals surface area contributed by atoms with E-state index in [-0.39, 0.29) is 12.6 Å². The van der Waals surface area contributed by atoms with Crippen LogP contribution >= 0.6 is 11.8 Å². The maximum Gasteiger partial charge on any atom is 0.329 e. The van der Waals surface area contributed by atoms with Gasteiger partial charge in [-0.05, 0) is 24.5 Å². The first-order chi connectivity index (χ1) is 8.61. The minimum Gasteiger partial charge on any atom is -0.478 e. The zero-order chi connectivity index (χ0) is 13.1. The molecule has 0 aliphatic carbocycles. The molecular formula is C12H12N2O3S. The van der Waals surface area contributed by atoms with E-state index < -0.39 is 5.97 Å². The standard InChI is InChI=1S/C12H12N2O3S/c1-18-8-2-3-10-9(6-8)12(17)14(7-13-10)5-4-11(15)16/h2-6,13H,7H2,1H3,(H,15,16)/b5-4-. The number of benzene rings is 1. The summed E-state index contributed by atoms with van der Waals surface area (Å²) in [7, 11) is 0. The van der Waals surface area contributed by atoms with E-state index in [4.69, 9.17) is 5.11 Å². The molecule has 6 heteroatoms. The monoisotopic (exact) mass is 264 g/mol. The quantitative estimate of drug-likeness (QED) is 0.644. The third kappa shape index (κ3) is 2.48. The molecule has 2 rings (SSSR count). The Morgan fingerprint density at radius 3 is 3.00 bits per heavy atom. The Labute approximate surface area is 108 Å². The molecule has 0 bridgehead atoms. The molecule has 0 saturated heterocycles. The number of hydrogen-bond acceptors (Lipinski definition) is 4. The third-order valence-electron chi connectivity index (χ3n) is 2.55. The van der Waals surface area contributed by atoms with Crippen molar-refractivity contribution in [1.82, 2.24) is 4.90 Å². The van der Waals surface area contributed by atoms with Crippen LogP contribution in [0.4, 0.5) is 5.69 Å². The SMILES string of the molecule is CSc1ccc2c(c1)C(=O)N(/C=C\C(=O)O)CN2. The van der Waals surface area contributed by atoms with Gasteiger partial charge in [-0.3, -0.25) is 9.69 Å². The lowest BCUT2D eigenvalue weighted by molar-refractivity contribution is -0.131. The molecule has 94 valence electrons. The number of carbonyl (C=O) groups is 2. The van der Waals surface area contributed by atoms with Crippen molar-refractivity contribution >= 4 is 29.3 Å². The van der Waals surface area contributed by atoms with Crippen molar-refractivity contribution in [3.05, 3.63) is 36.0 Å². The molecule has 1 aromatic carbocycles. The summed E-state index contributed by atoms with van der Waals surface area (Å²) in [6.45, 7) is 0.272. The molecule has 0 spiro atoms. The number of carboxylic acids is 1. The van der Waals surface area contributed by atoms with Crippen LogP contribution in [0.15, 0.2) is 35.4 Å². The van der Waals surface area contributed by atoms with Gasteiger partial charge in [-0.1, -0.05) is 0 Å². The van der Waals surface area contributed by atoms with Gasteiger partial charge in [0, 0.05) is 22.9 Å². The zero-order valence-electron chi connectivity index (χ0n) is 9.71. The van der Waals surface area contributed by atoms with E-state index in [1.165, 1.54) is 11.1 Å². The summed E-state index contributed by atoms with van der Waals surface area (Å²) in [4.78, 5) is 24.9. The van der Waals surface area contributed by atoms with Gasteiger partial charge in [0.05, 0.1) is 12.2 Å². The van der Waals surface area contributed by atoms with Crippen molar-refractivity contribution in [2.75, 3.05) is 18.2 Å². The number of nitrogens with zero attached hydrogens (tertiary/aromatic N) is 1. The number of rotatable bonds is 3. The van der Waals surface area contributed by atoms with Crippen LogP contribution in [0.5, 0.6) is 0 Å². The van der Waals surface area contributed by atoms with Crippen molar-refractivity contribution in [1.29, 1.82) is 0 Å². The lowest BCUT2D eigenvalue weighted by Crippen LogP contribution is -2.36. The first kappa shape index (κ1) is 12.5. The highest BCUT2D eigenvalue weighted by Gasteiger charge is 2.22. The van der Waals surface area contributed by atoms with E-state index in [1.807, 2.05) is 18.4 Å². The summed E-state index contributed by atoms with van der Waals surface area (Å²) in [6, 6.07) is 5.60. The number of carboxylic acid groups (broad SMARTS) is 1. The van der Waals surface area contributed by atoms with Gasteiger partial charge >= 0.3 is 5.97 Å². The van der Waals surface area contributed by atoms with Gasteiger partial charge in [-0.25, -0.2) is 4.79 Å². The van der Waals surface area contributed by atoms with Gasteiger partial charge < -0.3 is 10.4 Å². The van der Waals surface area contributed by atoms with Crippen LogP contribution in [0.2, 0.25) is 0 Å². The molecule has 1 aliphatic rings. The van der Waals surface area contributed by atoms with Gasteiger partial charge in [-0.15, -0.1) is 11.8 Å². The van der Waals surface area contributed by atoms with E-state index >= 15 is 0 Å². The van der Waals surface area contributed by atoms with Gasteiger partial charge in [0.15, 0.2) is 0 Å². The van der Waals surface area contributed by atoms with Crippen LogP contribution in [-0.4, -0.2) is 34.8 Å². The molecule has 0 radical (unpaired) electrons. The number of fused-ring (bicyclic) bond motifs is 1. The predicted octanol–water partition coefficient (Wildman–Crippen LogP) is 1.83. The summed E-state index contributed by atoms with van der Waals surface area (Å²) in [5.41, 5.74) is 1.33. The van der Waals surface area contributed by atoms with Crippen LogP contribution in [-0.2, 0) is 4.79 Å². The van der Waals surface area contributed by atoms with E-state index in [1.54, 1.807) is 17.8 Å². The second-order valence-corrected chi connectivity index (χ2v) is 4.55. The number of hydrogen-bond donors (Lipinski definition) is 2. The minimum atomic E-state index is -1.08. The van der Waals surface area contributed by atoms with Crippen LogP contribution in [0.25, 0.3) is 0 Å². The summed E-state index contributed by atoms with van der Waals surface area (Å²) in [6.07, 6.45) is 4.15. The number of nitrogens with one attached hydrogen (secondary N) is 1. The molecule has 0 atom stereocenters. The Balaban J connectivity index is 2.29. The molecule has 2 N–H and O–H groups in total. The summed E-state index contributed by atoms with van der Waals surface area (Å²) in [5.74, 6) is -1.27. The molecule has 0 unspecified atom stereocenters. The van der Waals surface area contributed by atoms with Crippen molar-refractivity contribution < 1.29 is 14.7 Å². The Morgan fingerprint density at radius 1 is 1.56 bits per heavy atom. The number of amides is 1. The summed E-state index contributed by atoms with van der Waals surface area (Å²) >= 11 is 1.55. The number of carbonyl (C=O) groups excluding carboxylic acids is 1. The highest BCUT2D eigenvalue weighted by atomic mass is 32.2. The Morgan fingerprint density at radius 2 is 2.33 bits per heavy atom. The topological polar surface area (TPSA) is 69.6 Å². The van der Waals surface area contributed by atoms with Crippen LogP contribution < -0.4 is 5.32 Å².